The molecule has 18 heavy (non-hydrogen) atoms. The minimum absolute atomic E-state index is 0.0435. The lowest BCUT2D eigenvalue weighted by molar-refractivity contribution is 0.0653. The topological polar surface area (TPSA) is 140 Å². The van der Waals surface area contributed by atoms with Crippen molar-refractivity contribution in [1.82, 2.24) is 9.97 Å². The zero-order valence-corrected chi connectivity index (χ0v) is 8.68. The van der Waals surface area contributed by atoms with E-state index < -0.39 is 34.2 Å². The van der Waals surface area contributed by atoms with E-state index in [9.17, 15) is 19.2 Å². The summed E-state index contributed by atoms with van der Waals surface area (Å²) >= 11 is 0. The third kappa shape index (κ3) is 1.65. The molecule has 92 valence electrons. The van der Waals surface area contributed by atoms with Crippen molar-refractivity contribution in [3.63, 3.8) is 0 Å². The highest BCUT2D eigenvalue weighted by Crippen LogP contribution is 2.17. The van der Waals surface area contributed by atoms with Crippen LogP contribution in [0.15, 0.2) is 21.7 Å². The van der Waals surface area contributed by atoms with E-state index >= 15 is 0 Å². The molecule has 2 aromatic rings. The number of benzene rings is 1. The summed E-state index contributed by atoms with van der Waals surface area (Å²) in [6.07, 6.45) is 0. The molecule has 0 bridgehead atoms. The third-order valence-electron chi connectivity index (χ3n) is 2.34. The number of nitrogens with one attached hydrogen (secondary N) is 2. The molecule has 0 amide bonds. The van der Waals surface area contributed by atoms with Crippen molar-refractivity contribution in [3.8, 4) is 0 Å². The van der Waals surface area contributed by atoms with Gasteiger partial charge in [-0.1, -0.05) is 0 Å². The van der Waals surface area contributed by atoms with Gasteiger partial charge in [-0.2, -0.15) is 0 Å². The lowest BCUT2D eigenvalue weighted by Crippen LogP contribution is -2.29. The smallest absolute Gasteiger partial charge is 0.338 e. The molecule has 0 saturated carbocycles. The molecular formula is C10H6N2O6. The summed E-state index contributed by atoms with van der Waals surface area (Å²) in [7, 11) is 0. The van der Waals surface area contributed by atoms with Gasteiger partial charge in [0.05, 0.1) is 22.2 Å². The van der Waals surface area contributed by atoms with Gasteiger partial charge < -0.3 is 20.2 Å². The van der Waals surface area contributed by atoms with Crippen molar-refractivity contribution in [2.75, 3.05) is 0 Å². The first kappa shape index (κ1) is 11.6. The Labute approximate surface area is 97.5 Å². The molecule has 1 heterocycles. The van der Waals surface area contributed by atoms with E-state index in [1.807, 2.05) is 0 Å². The summed E-state index contributed by atoms with van der Waals surface area (Å²) in [4.78, 5) is 48.4. The Hall–Kier alpha value is -2.90. The van der Waals surface area contributed by atoms with Crippen molar-refractivity contribution < 1.29 is 19.8 Å². The minimum Gasteiger partial charge on any atom is -0.478 e. The number of carboxylic acid groups (broad SMARTS) is 2. The SMILES string of the molecule is O=C(O)c1ccc2[nH]c(=O)c(=O)[nH]c2c1C(=O)O. The molecule has 0 radical (unpaired) electrons. The fourth-order valence-electron chi connectivity index (χ4n) is 1.59. The molecule has 8 nitrogen and oxygen atoms in total. The first-order chi connectivity index (χ1) is 8.41. The van der Waals surface area contributed by atoms with Gasteiger partial charge in [0.15, 0.2) is 0 Å². The molecule has 0 fully saturated rings. The molecule has 0 aliphatic rings. The molecule has 0 unspecified atom stereocenters. The Morgan fingerprint density at radius 2 is 1.56 bits per heavy atom. The van der Waals surface area contributed by atoms with E-state index in [-0.39, 0.29) is 11.0 Å². The van der Waals surface area contributed by atoms with Crippen LogP contribution in [-0.4, -0.2) is 32.1 Å². The van der Waals surface area contributed by atoms with Gasteiger partial charge in [0.1, 0.15) is 0 Å². The van der Waals surface area contributed by atoms with Gasteiger partial charge in [-0.15, -0.1) is 0 Å². The van der Waals surface area contributed by atoms with E-state index in [0.29, 0.717) is 0 Å². The van der Waals surface area contributed by atoms with Gasteiger partial charge in [-0.25, -0.2) is 9.59 Å². The van der Waals surface area contributed by atoms with Crippen molar-refractivity contribution in [2.45, 2.75) is 0 Å². The van der Waals surface area contributed by atoms with Crippen LogP contribution in [0.3, 0.4) is 0 Å². The molecular weight excluding hydrogens is 244 g/mol. The van der Waals surface area contributed by atoms with E-state index in [2.05, 4.69) is 9.97 Å². The van der Waals surface area contributed by atoms with Gasteiger partial charge in [0.2, 0.25) is 0 Å². The average Bonchev–Trinajstić information content (AvgIpc) is 2.28. The number of aromatic carboxylic acids is 2. The predicted octanol–water partition coefficient (Wildman–Crippen LogP) is -0.387. The van der Waals surface area contributed by atoms with E-state index in [0.717, 1.165) is 6.07 Å². The quantitative estimate of drug-likeness (QED) is 0.535. The predicted molar refractivity (Wildman–Crippen MR) is 59.1 cm³/mol. The van der Waals surface area contributed by atoms with E-state index in [4.69, 9.17) is 10.2 Å². The summed E-state index contributed by atoms with van der Waals surface area (Å²) in [6.45, 7) is 0. The number of rotatable bonds is 2. The van der Waals surface area contributed by atoms with Crippen LogP contribution in [0.2, 0.25) is 0 Å². The standard InChI is InChI=1S/C10H6N2O6/c13-7-8(14)12-6-4(11-7)2-1-3(9(15)16)5(6)10(17)18/h1-2H,(H,11,13)(H,12,14)(H,15,16)(H,17,18). The van der Waals surface area contributed by atoms with Crippen LogP contribution in [-0.2, 0) is 0 Å². The maximum Gasteiger partial charge on any atom is 0.338 e. The van der Waals surface area contributed by atoms with Crippen LogP contribution in [0.5, 0.6) is 0 Å². The molecule has 0 spiro atoms. The number of fused-ring (bicyclic) bond motifs is 1. The lowest BCUT2D eigenvalue weighted by atomic mass is 10.1. The second-order valence-electron chi connectivity index (χ2n) is 3.43. The second-order valence-corrected chi connectivity index (χ2v) is 3.43. The molecule has 0 atom stereocenters. The second kappa shape index (κ2) is 3.84. The van der Waals surface area contributed by atoms with Crippen molar-refractivity contribution in [3.05, 3.63) is 44.0 Å². The number of hydrogen-bond donors (Lipinski definition) is 4. The number of aromatic amines is 2. The van der Waals surface area contributed by atoms with Crippen LogP contribution in [0, 0.1) is 0 Å². The number of carboxylic acids is 2. The largest absolute Gasteiger partial charge is 0.478 e. The highest BCUT2D eigenvalue weighted by molar-refractivity contribution is 6.09. The summed E-state index contributed by atoms with van der Waals surface area (Å²) in [5.41, 5.74) is -3.23. The van der Waals surface area contributed by atoms with Gasteiger partial charge in [0, 0.05) is 0 Å². The molecule has 0 saturated heterocycles. The maximum atomic E-state index is 11.1. The Morgan fingerprint density at radius 1 is 0.944 bits per heavy atom. The fraction of sp³-hybridized carbons (Fsp3) is 0. The van der Waals surface area contributed by atoms with Crippen LogP contribution in [0.4, 0.5) is 0 Å². The first-order valence-electron chi connectivity index (χ1n) is 4.67. The van der Waals surface area contributed by atoms with Gasteiger partial charge in [0.25, 0.3) is 0 Å². The zero-order chi connectivity index (χ0) is 13.4. The number of hydrogen-bond acceptors (Lipinski definition) is 4. The summed E-state index contributed by atoms with van der Waals surface area (Å²) < 4.78 is 0. The molecule has 8 heteroatoms. The molecule has 2 rings (SSSR count). The monoisotopic (exact) mass is 250 g/mol. The average molecular weight is 250 g/mol. The molecule has 1 aromatic carbocycles. The van der Waals surface area contributed by atoms with Crippen molar-refractivity contribution in [2.24, 2.45) is 0 Å². The third-order valence-corrected chi connectivity index (χ3v) is 2.34. The highest BCUT2D eigenvalue weighted by atomic mass is 16.4. The summed E-state index contributed by atoms with van der Waals surface area (Å²) in [6, 6.07) is 2.25. The number of aromatic nitrogens is 2. The fourth-order valence-corrected chi connectivity index (χ4v) is 1.59. The lowest BCUT2D eigenvalue weighted by Gasteiger charge is -2.05. The van der Waals surface area contributed by atoms with E-state index in [1.165, 1.54) is 6.07 Å². The summed E-state index contributed by atoms with van der Waals surface area (Å²) in [5.74, 6) is -2.96. The molecule has 0 aliphatic heterocycles. The molecule has 1 aromatic heterocycles. The van der Waals surface area contributed by atoms with Crippen LogP contribution >= 0.6 is 0 Å². The van der Waals surface area contributed by atoms with Gasteiger partial charge >= 0.3 is 23.1 Å². The first-order valence-corrected chi connectivity index (χ1v) is 4.67. The van der Waals surface area contributed by atoms with Gasteiger partial charge in [-0.05, 0) is 12.1 Å². The Kier molecular flexibility index (Phi) is 2.47. The number of H-pyrrole nitrogens is 2. The summed E-state index contributed by atoms with van der Waals surface area (Å²) in [5, 5.41) is 17.9. The molecule has 4 N–H and O–H groups in total. The highest BCUT2D eigenvalue weighted by Gasteiger charge is 2.20. The van der Waals surface area contributed by atoms with Gasteiger partial charge in [-0.3, -0.25) is 9.59 Å². The Balaban J connectivity index is 3.03. The molecule has 0 aliphatic carbocycles. The zero-order valence-electron chi connectivity index (χ0n) is 8.68. The Bertz CT molecular complexity index is 785. The van der Waals surface area contributed by atoms with Crippen molar-refractivity contribution >= 4 is 23.0 Å². The minimum atomic E-state index is -1.51. The van der Waals surface area contributed by atoms with Crippen LogP contribution in [0.25, 0.3) is 11.0 Å². The van der Waals surface area contributed by atoms with E-state index in [1.54, 1.807) is 0 Å². The normalized spacial score (nSPS) is 10.4. The van der Waals surface area contributed by atoms with Crippen LogP contribution < -0.4 is 11.1 Å². The Morgan fingerprint density at radius 3 is 2.11 bits per heavy atom. The van der Waals surface area contributed by atoms with Crippen molar-refractivity contribution in [1.29, 1.82) is 0 Å². The number of carbonyl (C=O) groups is 2. The van der Waals surface area contributed by atoms with Crippen LogP contribution in [0.1, 0.15) is 20.7 Å². The maximum absolute atomic E-state index is 11.1.